The largest absolute Gasteiger partial charge is 0.294 e. The van der Waals surface area contributed by atoms with E-state index in [-0.39, 0.29) is 17.3 Å². The highest BCUT2D eigenvalue weighted by Crippen LogP contribution is 2.27. The van der Waals surface area contributed by atoms with Gasteiger partial charge in [-0.1, -0.05) is 27.3 Å². The Labute approximate surface area is 174 Å². The molecule has 0 saturated heterocycles. The van der Waals surface area contributed by atoms with Gasteiger partial charge in [-0.25, -0.2) is 22.5 Å². The van der Waals surface area contributed by atoms with Gasteiger partial charge in [0.15, 0.2) is 4.96 Å². The third-order valence-corrected chi connectivity index (χ3v) is 7.44. The number of hydrogen-bond donors (Lipinski definition) is 1. The van der Waals surface area contributed by atoms with E-state index >= 15 is 0 Å². The van der Waals surface area contributed by atoms with Gasteiger partial charge in [-0.2, -0.15) is 0 Å². The lowest BCUT2D eigenvalue weighted by Gasteiger charge is -2.06. The number of aromatic nitrogens is 2. The summed E-state index contributed by atoms with van der Waals surface area (Å²) in [4.78, 5) is 6.44. The number of nitrogens with one attached hydrogen (secondary N) is 1. The molecule has 0 aliphatic heterocycles. The Kier molecular flexibility index (Phi) is 5.09. The summed E-state index contributed by atoms with van der Waals surface area (Å²) < 4.78 is 43.4. The fourth-order valence-corrected chi connectivity index (χ4v) is 5.17. The summed E-state index contributed by atoms with van der Waals surface area (Å²) in [7, 11) is -3.60. The quantitative estimate of drug-likeness (QED) is 0.449. The van der Waals surface area contributed by atoms with Gasteiger partial charge >= 0.3 is 0 Å². The third-order valence-electron chi connectivity index (χ3n) is 4.34. The van der Waals surface area contributed by atoms with Crippen molar-refractivity contribution in [2.24, 2.45) is 0 Å². The monoisotopic (exact) mass is 479 g/mol. The molecule has 0 amide bonds. The number of rotatable bonds is 5. The molecule has 2 aromatic heterocycles. The number of fused-ring (bicyclic) bond motifs is 1. The van der Waals surface area contributed by atoms with Crippen LogP contribution in [-0.2, 0) is 16.6 Å². The van der Waals surface area contributed by atoms with Crippen LogP contribution in [0.5, 0.6) is 0 Å². The fourth-order valence-electron chi connectivity index (χ4n) is 2.78. The SMILES string of the molecule is Cc1c(CNS(=O)(=O)c2ccc(Br)cc2)sc2nc(-c3ccc(F)cc3)cn12. The summed E-state index contributed by atoms with van der Waals surface area (Å²) in [6.07, 6.45) is 1.88. The van der Waals surface area contributed by atoms with Crippen LogP contribution in [-0.4, -0.2) is 17.8 Å². The molecule has 5 nitrogen and oxygen atoms in total. The van der Waals surface area contributed by atoms with Crippen molar-refractivity contribution < 1.29 is 12.8 Å². The molecular weight excluding hydrogens is 465 g/mol. The summed E-state index contributed by atoms with van der Waals surface area (Å²) in [6, 6.07) is 12.7. The third kappa shape index (κ3) is 3.75. The lowest BCUT2D eigenvalue weighted by molar-refractivity contribution is 0.581. The zero-order valence-corrected chi connectivity index (χ0v) is 17.9. The number of sulfonamides is 1. The maximum atomic E-state index is 13.1. The molecule has 0 fully saturated rings. The molecule has 0 aliphatic carbocycles. The van der Waals surface area contributed by atoms with Crippen LogP contribution < -0.4 is 4.72 Å². The standard InChI is InChI=1S/C19H15BrFN3O2S2/c1-12-18(10-22-28(25,26)16-8-4-14(20)5-9-16)27-19-23-17(11-24(12)19)13-2-6-15(21)7-3-13/h2-9,11,22H,10H2,1H3. The van der Waals surface area contributed by atoms with E-state index in [1.165, 1.54) is 23.5 Å². The Morgan fingerprint density at radius 2 is 1.82 bits per heavy atom. The van der Waals surface area contributed by atoms with Gasteiger partial charge in [-0.15, -0.1) is 0 Å². The van der Waals surface area contributed by atoms with Crippen LogP contribution in [0.1, 0.15) is 10.6 Å². The smallest absolute Gasteiger partial charge is 0.240 e. The summed E-state index contributed by atoms with van der Waals surface area (Å²) >= 11 is 4.72. The molecule has 144 valence electrons. The molecule has 0 aliphatic rings. The molecule has 0 radical (unpaired) electrons. The second kappa shape index (κ2) is 7.40. The summed E-state index contributed by atoms with van der Waals surface area (Å²) in [5, 5.41) is 0. The molecule has 0 bridgehead atoms. The van der Waals surface area contributed by atoms with Gasteiger partial charge in [0, 0.05) is 33.3 Å². The minimum absolute atomic E-state index is 0.185. The zero-order chi connectivity index (χ0) is 19.9. The maximum Gasteiger partial charge on any atom is 0.240 e. The Balaban J connectivity index is 1.56. The van der Waals surface area contributed by atoms with Gasteiger partial charge in [0.05, 0.1) is 10.6 Å². The van der Waals surface area contributed by atoms with Crippen molar-refractivity contribution >= 4 is 42.3 Å². The lowest BCUT2D eigenvalue weighted by Crippen LogP contribution is -2.23. The number of halogens is 2. The van der Waals surface area contributed by atoms with E-state index in [9.17, 15) is 12.8 Å². The van der Waals surface area contributed by atoms with Crippen LogP contribution in [0, 0.1) is 12.7 Å². The second-order valence-corrected chi connectivity index (χ2v) is 9.92. The average Bonchev–Trinajstić information content (AvgIpc) is 3.21. The van der Waals surface area contributed by atoms with Crippen LogP contribution in [0.2, 0.25) is 0 Å². The molecule has 0 atom stereocenters. The molecule has 0 spiro atoms. The number of benzene rings is 2. The molecule has 0 unspecified atom stereocenters. The van der Waals surface area contributed by atoms with Crippen molar-refractivity contribution in [2.45, 2.75) is 18.4 Å². The first-order valence-corrected chi connectivity index (χ1v) is 11.4. The molecule has 28 heavy (non-hydrogen) atoms. The normalized spacial score (nSPS) is 12.0. The molecule has 1 N–H and O–H groups in total. The minimum atomic E-state index is -3.60. The molecule has 2 heterocycles. The van der Waals surface area contributed by atoms with Crippen molar-refractivity contribution in [1.82, 2.24) is 14.1 Å². The van der Waals surface area contributed by atoms with Gasteiger partial charge in [0.2, 0.25) is 10.0 Å². The van der Waals surface area contributed by atoms with Gasteiger partial charge in [0.1, 0.15) is 5.82 Å². The Morgan fingerprint density at radius 1 is 1.14 bits per heavy atom. The van der Waals surface area contributed by atoms with Crippen molar-refractivity contribution in [3.05, 3.63) is 75.6 Å². The van der Waals surface area contributed by atoms with Crippen molar-refractivity contribution in [1.29, 1.82) is 0 Å². The number of aryl methyl sites for hydroxylation is 1. The number of hydrogen-bond acceptors (Lipinski definition) is 4. The van der Waals surface area contributed by atoms with Crippen LogP contribution in [0.25, 0.3) is 16.2 Å². The highest BCUT2D eigenvalue weighted by molar-refractivity contribution is 9.10. The lowest BCUT2D eigenvalue weighted by atomic mass is 10.2. The molecule has 2 aromatic carbocycles. The average molecular weight is 480 g/mol. The van der Waals surface area contributed by atoms with Gasteiger partial charge in [0.25, 0.3) is 0 Å². The number of nitrogens with zero attached hydrogens (tertiary/aromatic N) is 2. The van der Waals surface area contributed by atoms with Crippen LogP contribution in [0.4, 0.5) is 4.39 Å². The molecule has 0 saturated carbocycles. The topological polar surface area (TPSA) is 63.5 Å². The number of imidazole rings is 1. The van der Waals surface area contributed by atoms with E-state index in [0.29, 0.717) is 0 Å². The number of thiazole rings is 1. The van der Waals surface area contributed by atoms with Crippen molar-refractivity contribution in [3.63, 3.8) is 0 Å². The summed E-state index contributed by atoms with van der Waals surface area (Å²) in [6.45, 7) is 2.10. The first-order chi connectivity index (χ1) is 13.3. The highest BCUT2D eigenvalue weighted by atomic mass is 79.9. The van der Waals surface area contributed by atoms with E-state index < -0.39 is 10.0 Å². The molecule has 4 aromatic rings. The maximum absolute atomic E-state index is 13.1. The van der Waals surface area contributed by atoms with Crippen LogP contribution in [0.3, 0.4) is 0 Å². The van der Waals surface area contributed by atoms with Crippen molar-refractivity contribution in [2.75, 3.05) is 0 Å². The van der Waals surface area contributed by atoms with Crippen molar-refractivity contribution in [3.8, 4) is 11.3 Å². The Morgan fingerprint density at radius 3 is 2.46 bits per heavy atom. The van der Waals surface area contributed by atoms with E-state index in [2.05, 4.69) is 25.6 Å². The minimum Gasteiger partial charge on any atom is -0.294 e. The van der Waals surface area contributed by atoms with Gasteiger partial charge in [-0.05, 0) is 55.5 Å². The summed E-state index contributed by atoms with van der Waals surface area (Å²) in [5.74, 6) is -0.290. The first kappa shape index (κ1) is 19.3. The summed E-state index contributed by atoms with van der Waals surface area (Å²) in [5.41, 5.74) is 2.49. The Hall–Kier alpha value is -2.07. The molecule has 9 heteroatoms. The first-order valence-electron chi connectivity index (χ1n) is 8.32. The van der Waals surface area contributed by atoms with E-state index in [4.69, 9.17) is 0 Å². The molecular formula is C19H15BrFN3O2S2. The van der Waals surface area contributed by atoms with Crippen LogP contribution >= 0.6 is 27.3 Å². The molecule has 4 rings (SSSR count). The zero-order valence-electron chi connectivity index (χ0n) is 14.7. The van der Waals surface area contributed by atoms with E-state index in [0.717, 1.165) is 31.3 Å². The predicted octanol–water partition coefficient (Wildman–Crippen LogP) is 4.75. The van der Waals surface area contributed by atoms with E-state index in [1.807, 2.05) is 17.5 Å². The predicted molar refractivity (Wildman–Crippen MR) is 111 cm³/mol. The fraction of sp³-hybridized carbons (Fsp3) is 0.105. The van der Waals surface area contributed by atoms with Crippen LogP contribution in [0.15, 0.2) is 64.1 Å². The van der Waals surface area contributed by atoms with Gasteiger partial charge < -0.3 is 0 Å². The Bertz CT molecular complexity index is 1250. The highest BCUT2D eigenvalue weighted by Gasteiger charge is 2.17. The van der Waals surface area contributed by atoms with Gasteiger partial charge in [-0.3, -0.25) is 4.40 Å². The van der Waals surface area contributed by atoms with E-state index in [1.54, 1.807) is 36.4 Å². The second-order valence-electron chi connectivity index (χ2n) is 6.17.